The molecule has 26 heavy (non-hydrogen) atoms. The van der Waals surface area contributed by atoms with Crippen molar-refractivity contribution in [2.24, 2.45) is 0 Å². The fourth-order valence-electron chi connectivity index (χ4n) is 3.06. The van der Waals surface area contributed by atoms with Gasteiger partial charge in [0.25, 0.3) is 0 Å². The molecule has 3 rings (SSSR count). The van der Waals surface area contributed by atoms with Crippen LogP contribution in [0.3, 0.4) is 0 Å². The first-order chi connectivity index (χ1) is 12.7. The number of fused-ring (bicyclic) bond motifs is 1. The summed E-state index contributed by atoms with van der Waals surface area (Å²) in [6.07, 6.45) is 3.45. The Morgan fingerprint density at radius 3 is 2.73 bits per heavy atom. The minimum atomic E-state index is -0.198. The van der Waals surface area contributed by atoms with Gasteiger partial charge in [0, 0.05) is 24.2 Å². The number of amides is 2. The summed E-state index contributed by atoms with van der Waals surface area (Å²) in [5, 5.41) is 8.89. The summed E-state index contributed by atoms with van der Waals surface area (Å²) in [6, 6.07) is 15.7. The Hall–Kier alpha value is -2.66. The van der Waals surface area contributed by atoms with Crippen LogP contribution in [0.4, 0.5) is 10.5 Å². The molecule has 1 aliphatic rings. The molecular weight excluding hydrogens is 326 g/mol. The smallest absolute Gasteiger partial charge is 0.319 e. The van der Waals surface area contributed by atoms with Gasteiger partial charge in [0.1, 0.15) is 0 Å². The van der Waals surface area contributed by atoms with E-state index in [1.807, 2.05) is 18.2 Å². The van der Waals surface area contributed by atoms with Crippen LogP contribution in [-0.4, -0.2) is 24.9 Å². The molecule has 2 aromatic rings. The summed E-state index contributed by atoms with van der Waals surface area (Å²) in [6.45, 7) is 2.36. The third-order valence-electron chi connectivity index (χ3n) is 4.56. The molecule has 3 N–H and O–H groups in total. The second-order valence-corrected chi connectivity index (χ2v) is 6.55. The van der Waals surface area contributed by atoms with Gasteiger partial charge in [-0.2, -0.15) is 0 Å². The van der Waals surface area contributed by atoms with Gasteiger partial charge in [-0.25, -0.2) is 4.79 Å². The van der Waals surface area contributed by atoms with Crippen molar-refractivity contribution in [3.63, 3.8) is 0 Å². The predicted molar refractivity (Wildman–Crippen MR) is 103 cm³/mol. The summed E-state index contributed by atoms with van der Waals surface area (Å²) >= 11 is 0. The Balaban J connectivity index is 1.33. The Bertz CT molecular complexity index is 759. The molecule has 2 amide bonds. The molecule has 0 bridgehead atoms. The number of hydrogen-bond donors (Lipinski definition) is 3. The maximum Gasteiger partial charge on any atom is 0.319 e. The topological polar surface area (TPSA) is 70.2 Å². The van der Waals surface area contributed by atoms with Gasteiger partial charge >= 0.3 is 6.03 Å². The fourth-order valence-corrected chi connectivity index (χ4v) is 3.06. The van der Waals surface area contributed by atoms with Crippen LogP contribution >= 0.6 is 0 Å². The molecule has 0 aromatic heterocycles. The van der Waals surface area contributed by atoms with E-state index < -0.39 is 0 Å². The number of unbranched alkanes of at least 4 members (excludes halogenated alkanes) is 1. The molecule has 136 valence electrons. The highest BCUT2D eigenvalue weighted by Gasteiger charge is 2.15. The number of nitrogens with one attached hydrogen (secondary N) is 3. The molecule has 0 fully saturated rings. The molecule has 1 heterocycles. The monoisotopic (exact) mass is 351 g/mol. The average molecular weight is 351 g/mol. The normalized spacial score (nSPS) is 12.8. The summed E-state index contributed by atoms with van der Waals surface area (Å²) in [5.74, 6) is 0.161. The van der Waals surface area contributed by atoms with Gasteiger partial charge in [0.2, 0.25) is 0 Å². The van der Waals surface area contributed by atoms with Crippen LogP contribution < -0.4 is 16.0 Å². The van der Waals surface area contributed by atoms with E-state index in [1.165, 1.54) is 5.56 Å². The molecule has 2 aromatic carbocycles. The molecule has 5 heteroatoms. The predicted octanol–water partition coefficient (Wildman–Crippen LogP) is 3.51. The first-order valence-electron chi connectivity index (χ1n) is 9.18. The van der Waals surface area contributed by atoms with Crippen LogP contribution in [0.1, 0.15) is 40.7 Å². The van der Waals surface area contributed by atoms with Crippen molar-refractivity contribution < 1.29 is 9.59 Å². The first kappa shape index (κ1) is 18.1. The van der Waals surface area contributed by atoms with Gasteiger partial charge in [-0.15, -0.1) is 0 Å². The molecule has 0 saturated carbocycles. The minimum Gasteiger partial charge on any atom is -0.334 e. The summed E-state index contributed by atoms with van der Waals surface area (Å²) in [4.78, 5) is 23.6. The Morgan fingerprint density at radius 1 is 1.04 bits per heavy atom. The van der Waals surface area contributed by atoms with E-state index in [2.05, 4.69) is 40.2 Å². The lowest BCUT2D eigenvalue weighted by Crippen LogP contribution is -2.33. The van der Waals surface area contributed by atoms with Crippen molar-refractivity contribution in [1.82, 2.24) is 10.6 Å². The van der Waals surface area contributed by atoms with Crippen LogP contribution in [0.5, 0.6) is 0 Å². The van der Waals surface area contributed by atoms with Crippen LogP contribution in [0.15, 0.2) is 48.5 Å². The SMILES string of the molecule is O=C1NCc2cc(C(=O)CCCCNCCc3ccccc3)ccc2N1. The number of rotatable bonds is 9. The van der Waals surface area contributed by atoms with Crippen molar-refractivity contribution in [1.29, 1.82) is 0 Å². The summed E-state index contributed by atoms with van der Waals surface area (Å²) < 4.78 is 0. The van der Waals surface area contributed by atoms with Crippen molar-refractivity contribution in [2.75, 3.05) is 18.4 Å². The van der Waals surface area contributed by atoms with Crippen molar-refractivity contribution in [2.45, 2.75) is 32.2 Å². The number of ketones is 1. The highest BCUT2D eigenvalue weighted by Crippen LogP contribution is 2.21. The molecule has 5 nitrogen and oxygen atoms in total. The van der Waals surface area contributed by atoms with Gasteiger partial charge < -0.3 is 16.0 Å². The maximum absolute atomic E-state index is 12.3. The van der Waals surface area contributed by atoms with E-state index in [-0.39, 0.29) is 11.8 Å². The second-order valence-electron chi connectivity index (χ2n) is 6.55. The molecule has 0 radical (unpaired) electrons. The lowest BCUT2D eigenvalue weighted by Gasteiger charge is -2.18. The third kappa shape index (κ3) is 5.17. The molecule has 0 aliphatic carbocycles. The highest BCUT2D eigenvalue weighted by molar-refractivity contribution is 5.98. The largest absolute Gasteiger partial charge is 0.334 e. The van der Waals surface area contributed by atoms with E-state index in [1.54, 1.807) is 6.07 Å². The average Bonchev–Trinajstić information content (AvgIpc) is 2.67. The van der Waals surface area contributed by atoms with Crippen LogP contribution in [0.2, 0.25) is 0 Å². The number of benzene rings is 2. The Morgan fingerprint density at radius 2 is 1.88 bits per heavy atom. The zero-order chi connectivity index (χ0) is 18.2. The van der Waals surface area contributed by atoms with Gasteiger partial charge in [-0.05, 0) is 61.7 Å². The molecule has 0 unspecified atom stereocenters. The Kier molecular flexibility index (Phi) is 6.39. The van der Waals surface area contributed by atoms with Crippen molar-refractivity contribution in [3.8, 4) is 0 Å². The van der Waals surface area contributed by atoms with Crippen molar-refractivity contribution in [3.05, 3.63) is 65.2 Å². The van der Waals surface area contributed by atoms with Gasteiger partial charge in [-0.3, -0.25) is 4.79 Å². The Labute approximate surface area is 154 Å². The number of anilines is 1. The third-order valence-corrected chi connectivity index (χ3v) is 4.56. The van der Waals surface area contributed by atoms with E-state index >= 15 is 0 Å². The van der Waals surface area contributed by atoms with E-state index in [0.29, 0.717) is 13.0 Å². The number of carbonyl (C=O) groups excluding carboxylic acids is 2. The number of hydrogen-bond acceptors (Lipinski definition) is 3. The summed E-state index contributed by atoms with van der Waals surface area (Å²) in [7, 11) is 0. The minimum absolute atomic E-state index is 0.161. The quantitative estimate of drug-likeness (QED) is 0.478. The zero-order valence-electron chi connectivity index (χ0n) is 14.9. The number of urea groups is 1. The zero-order valence-corrected chi connectivity index (χ0v) is 14.9. The lowest BCUT2D eigenvalue weighted by atomic mass is 10.0. The molecule has 0 spiro atoms. The van der Waals surface area contributed by atoms with Crippen LogP contribution in [0, 0.1) is 0 Å². The van der Waals surface area contributed by atoms with Crippen LogP contribution in [0.25, 0.3) is 0 Å². The first-order valence-corrected chi connectivity index (χ1v) is 9.18. The van der Waals surface area contributed by atoms with Gasteiger partial charge in [0.15, 0.2) is 5.78 Å². The molecule has 0 atom stereocenters. The van der Waals surface area contributed by atoms with Gasteiger partial charge in [-0.1, -0.05) is 30.3 Å². The van der Waals surface area contributed by atoms with E-state index in [0.717, 1.165) is 49.2 Å². The maximum atomic E-state index is 12.3. The molecular formula is C21H25N3O2. The van der Waals surface area contributed by atoms with Gasteiger partial charge in [0.05, 0.1) is 0 Å². The molecule has 0 saturated heterocycles. The molecule has 1 aliphatic heterocycles. The van der Waals surface area contributed by atoms with Crippen LogP contribution in [-0.2, 0) is 13.0 Å². The van der Waals surface area contributed by atoms with E-state index in [4.69, 9.17) is 0 Å². The fraction of sp³-hybridized carbons (Fsp3) is 0.333. The van der Waals surface area contributed by atoms with Crippen molar-refractivity contribution >= 4 is 17.5 Å². The standard InChI is InChI=1S/C21H25N3O2/c25-20(17-9-10-19-18(14-17)15-23-21(26)24-19)8-4-5-12-22-13-11-16-6-2-1-3-7-16/h1-3,6-7,9-10,14,22H,4-5,8,11-13,15H2,(H2,23,24,26). The second kappa shape index (κ2) is 9.15. The number of Topliss-reactive ketones (excluding diaryl/α,β-unsaturated/α-hetero) is 1. The lowest BCUT2D eigenvalue weighted by molar-refractivity contribution is 0.0979. The highest BCUT2D eigenvalue weighted by atomic mass is 16.2. The number of carbonyl (C=O) groups is 2. The van der Waals surface area contributed by atoms with E-state index in [9.17, 15) is 9.59 Å². The summed E-state index contributed by atoms with van der Waals surface area (Å²) in [5.41, 5.74) is 3.80.